The summed E-state index contributed by atoms with van der Waals surface area (Å²) in [5.41, 5.74) is 1.17. The second-order valence-corrected chi connectivity index (χ2v) is 4.42. The first-order chi connectivity index (χ1) is 7.25. The summed E-state index contributed by atoms with van der Waals surface area (Å²) >= 11 is 0. The van der Waals surface area contributed by atoms with E-state index in [1.165, 1.54) is 43.4 Å². The van der Waals surface area contributed by atoms with Crippen molar-refractivity contribution in [2.24, 2.45) is 0 Å². The zero-order chi connectivity index (χ0) is 10.7. The lowest BCUT2D eigenvalue weighted by Gasteiger charge is -2.19. The van der Waals surface area contributed by atoms with Crippen LogP contribution in [0.2, 0.25) is 0 Å². The van der Waals surface area contributed by atoms with Crippen molar-refractivity contribution in [3.8, 4) is 0 Å². The van der Waals surface area contributed by atoms with Gasteiger partial charge in [-0.15, -0.1) is 0 Å². The fourth-order valence-electron chi connectivity index (χ4n) is 2.29. The molecule has 0 aromatic heterocycles. The highest BCUT2D eigenvalue weighted by Crippen LogP contribution is 2.21. The normalized spacial score (nSPS) is 19.3. The van der Waals surface area contributed by atoms with Crippen molar-refractivity contribution in [3.05, 3.63) is 35.6 Å². The van der Waals surface area contributed by atoms with E-state index in [4.69, 9.17) is 0 Å². The van der Waals surface area contributed by atoms with E-state index < -0.39 is 0 Å². The Morgan fingerprint density at radius 3 is 2.40 bits per heavy atom. The lowest BCUT2D eigenvalue weighted by molar-refractivity contribution is 0.461. The molecule has 0 radical (unpaired) electrons. The highest BCUT2D eigenvalue weighted by molar-refractivity contribution is 5.19. The quantitative estimate of drug-likeness (QED) is 0.800. The first kappa shape index (κ1) is 10.6. The Hall–Kier alpha value is -0.890. The maximum Gasteiger partial charge on any atom is 0.123 e. The molecule has 15 heavy (non-hydrogen) atoms. The molecule has 0 aliphatic heterocycles. The summed E-state index contributed by atoms with van der Waals surface area (Å²) in [6.45, 7) is 2.14. The molecule has 1 nitrogen and oxygen atoms in total. The van der Waals surface area contributed by atoms with E-state index in [0.717, 1.165) is 0 Å². The molecular formula is C13H18FN. The Morgan fingerprint density at radius 2 is 1.80 bits per heavy atom. The molecule has 1 unspecified atom stereocenters. The van der Waals surface area contributed by atoms with Crippen molar-refractivity contribution in [2.75, 3.05) is 0 Å². The van der Waals surface area contributed by atoms with Gasteiger partial charge in [0.1, 0.15) is 5.82 Å². The lowest BCUT2D eigenvalue weighted by Crippen LogP contribution is -2.28. The minimum Gasteiger partial charge on any atom is -0.307 e. The summed E-state index contributed by atoms with van der Waals surface area (Å²) in [4.78, 5) is 0. The van der Waals surface area contributed by atoms with Gasteiger partial charge in [-0.3, -0.25) is 0 Å². The van der Waals surface area contributed by atoms with Crippen LogP contribution in [0.1, 0.15) is 44.2 Å². The number of nitrogens with one attached hydrogen (secondary N) is 1. The number of benzene rings is 1. The highest BCUT2D eigenvalue weighted by Gasteiger charge is 2.17. The first-order valence-corrected chi connectivity index (χ1v) is 5.77. The molecule has 1 saturated carbocycles. The van der Waals surface area contributed by atoms with Crippen LogP contribution in [0.3, 0.4) is 0 Å². The van der Waals surface area contributed by atoms with E-state index in [1.807, 2.05) is 12.1 Å². The van der Waals surface area contributed by atoms with Crippen molar-refractivity contribution >= 4 is 0 Å². The van der Waals surface area contributed by atoms with Gasteiger partial charge >= 0.3 is 0 Å². The maximum absolute atomic E-state index is 12.7. The van der Waals surface area contributed by atoms with Gasteiger partial charge in [0, 0.05) is 12.1 Å². The molecular weight excluding hydrogens is 189 g/mol. The molecule has 1 aliphatic carbocycles. The van der Waals surface area contributed by atoms with Crippen LogP contribution in [0, 0.1) is 5.82 Å². The van der Waals surface area contributed by atoms with Gasteiger partial charge in [0.2, 0.25) is 0 Å². The number of hydrogen-bond acceptors (Lipinski definition) is 1. The van der Waals surface area contributed by atoms with Gasteiger partial charge in [-0.1, -0.05) is 25.0 Å². The summed E-state index contributed by atoms with van der Waals surface area (Å²) in [6.07, 6.45) is 5.25. The molecule has 1 aromatic carbocycles. The molecule has 2 rings (SSSR count). The third kappa shape index (κ3) is 2.78. The fourth-order valence-corrected chi connectivity index (χ4v) is 2.29. The molecule has 0 amide bonds. The summed E-state index contributed by atoms with van der Waals surface area (Å²) in [7, 11) is 0. The van der Waals surface area contributed by atoms with Crippen LogP contribution in [-0.2, 0) is 0 Å². The Labute approximate surface area is 90.7 Å². The molecule has 1 aromatic rings. The van der Waals surface area contributed by atoms with Gasteiger partial charge in [0.05, 0.1) is 0 Å². The fraction of sp³-hybridized carbons (Fsp3) is 0.538. The number of halogens is 1. The zero-order valence-electron chi connectivity index (χ0n) is 9.17. The molecule has 0 heterocycles. The second kappa shape index (κ2) is 4.75. The second-order valence-electron chi connectivity index (χ2n) is 4.42. The monoisotopic (exact) mass is 207 g/mol. The van der Waals surface area contributed by atoms with Crippen molar-refractivity contribution in [1.82, 2.24) is 5.32 Å². The summed E-state index contributed by atoms with van der Waals surface area (Å²) in [6, 6.07) is 7.77. The Kier molecular flexibility index (Phi) is 3.37. The SMILES string of the molecule is CC(NC1CCCC1)c1ccc(F)cc1. The molecule has 1 fully saturated rings. The Bertz CT molecular complexity index is 301. The van der Waals surface area contributed by atoms with Crippen molar-refractivity contribution in [1.29, 1.82) is 0 Å². The average Bonchev–Trinajstić information content (AvgIpc) is 2.71. The summed E-state index contributed by atoms with van der Waals surface area (Å²) < 4.78 is 12.7. The van der Waals surface area contributed by atoms with E-state index >= 15 is 0 Å². The van der Waals surface area contributed by atoms with E-state index in [0.29, 0.717) is 12.1 Å². The van der Waals surface area contributed by atoms with Gasteiger partial charge in [-0.25, -0.2) is 4.39 Å². The van der Waals surface area contributed by atoms with Crippen molar-refractivity contribution < 1.29 is 4.39 Å². The Morgan fingerprint density at radius 1 is 1.20 bits per heavy atom. The van der Waals surface area contributed by atoms with Crippen LogP contribution >= 0.6 is 0 Å². The molecule has 0 spiro atoms. The predicted octanol–water partition coefficient (Wildman–Crippen LogP) is 3.42. The van der Waals surface area contributed by atoms with E-state index in [9.17, 15) is 4.39 Å². The number of rotatable bonds is 3. The van der Waals surface area contributed by atoms with Crippen LogP contribution in [-0.4, -0.2) is 6.04 Å². The van der Waals surface area contributed by atoms with Crippen molar-refractivity contribution in [2.45, 2.75) is 44.7 Å². The van der Waals surface area contributed by atoms with Crippen LogP contribution in [0.25, 0.3) is 0 Å². The van der Waals surface area contributed by atoms with Gasteiger partial charge in [0.25, 0.3) is 0 Å². The third-order valence-corrected chi connectivity index (χ3v) is 3.21. The minimum atomic E-state index is -0.160. The van der Waals surface area contributed by atoms with Crippen LogP contribution < -0.4 is 5.32 Å². The van der Waals surface area contributed by atoms with Gasteiger partial charge < -0.3 is 5.32 Å². The topological polar surface area (TPSA) is 12.0 Å². The summed E-state index contributed by atoms with van der Waals surface area (Å²) in [5, 5.41) is 3.59. The molecule has 1 aliphatic rings. The predicted molar refractivity (Wildman–Crippen MR) is 60.2 cm³/mol. The van der Waals surface area contributed by atoms with Crippen LogP contribution in [0.15, 0.2) is 24.3 Å². The third-order valence-electron chi connectivity index (χ3n) is 3.21. The number of hydrogen-bond donors (Lipinski definition) is 1. The van der Waals surface area contributed by atoms with E-state index in [1.54, 1.807) is 0 Å². The Balaban J connectivity index is 1.94. The van der Waals surface area contributed by atoms with E-state index in [2.05, 4.69) is 12.2 Å². The highest BCUT2D eigenvalue weighted by atomic mass is 19.1. The lowest BCUT2D eigenvalue weighted by atomic mass is 10.1. The largest absolute Gasteiger partial charge is 0.307 e. The average molecular weight is 207 g/mol. The molecule has 82 valence electrons. The standard InChI is InChI=1S/C13H18FN/c1-10(15-13-4-2-3-5-13)11-6-8-12(14)9-7-11/h6-10,13,15H,2-5H2,1H3. The molecule has 0 saturated heterocycles. The van der Waals surface area contributed by atoms with Crippen LogP contribution in [0.5, 0.6) is 0 Å². The van der Waals surface area contributed by atoms with Crippen LogP contribution in [0.4, 0.5) is 4.39 Å². The van der Waals surface area contributed by atoms with E-state index in [-0.39, 0.29) is 5.82 Å². The maximum atomic E-state index is 12.7. The molecule has 1 N–H and O–H groups in total. The molecule has 2 heteroatoms. The van der Waals surface area contributed by atoms with Gasteiger partial charge in [-0.2, -0.15) is 0 Å². The van der Waals surface area contributed by atoms with Gasteiger partial charge in [0.15, 0.2) is 0 Å². The van der Waals surface area contributed by atoms with Crippen molar-refractivity contribution in [3.63, 3.8) is 0 Å². The first-order valence-electron chi connectivity index (χ1n) is 5.77. The molecule has 1 atom stereocenters. The minimum absolute atomic E-state index is 0.160. The van der Waals surface area contributed by atoms with Gasteiger partial charge in [-0.05, 0) is 37.5 Å². The smallest absolute Gasteiger partial charge is 0.123 e. The zero-order valence-corrected chi connectivity index (χ0v) is 9.17. The summed E-state index contributed by atoms with van der Waals surface area (Å²) in [5.74, 6) is -0.160. The molecule has 0 bridgehead atoms.